The number of ether oxygens (including phenoxy) is 1. The number of fused-ring (bicyclic) bond motifs is 1. The molecule has 1 amide bonds. The molecule has 1 heterocycles. The molecule has 2 aromatic carbocycles. The van der Waals surface area contributed by atoms with Gasteiger partial charge in [-0.25, -0.2) is 9.59 Å². The summed E-state index contributed by atoms with van der Waals surface area (Å²) in [6.07, 6.45) is 0.0205. The Bertz CT molecular complexity index is 1040. The van der Waals surface area contributed by atoms with Crippen molar-refractivity contribution in [2.24, 2.45) is 0 Å². The normalized spacial score (nSPS) is 10.7. The lowest BCUT2D eigenvalue weighted by Crippen LogP contribution is -2.20. The van der Waals surface area contributed by atoms with Crippen LogP contribution in [0.3, 0.4) is 0 Å². The first-order chi connectivity index (χ1) is 12.5. The number of carbonyl (C=O) groups excluding carboxylic acids is 2. The number of amides is 1. The third-order valence-electron chi connectivity index (χ3n) is 3.80. The molecule has 7 nitrogen and oxygen atoms in total. The van der Waals surface area contributed by atoms with E-state index in [4.69, 9.17) is 20.8 Å². The molecule has 0 unspecified atom stereocenters. The van der Waals surface area contributed by atoms with E-state index in [1.165, 1.54) is 11.7 Å². The maximum atomic E-state index is 12.2. The molecule has 0 atom stereocenters. The van der Waals surface area contributed by atoms with Gasteiger partial charge in [0.25, 0.3) is 0 Å². The summed E-state index contributed by atoms with van der Waals surface area (Å²) in [5.74, 6) is -1.46. The van der Waals surface area contributed by atoms with E-state index in [2.05, 4.69) is 5.32 Å². The highest BCUT2D eigenvalue weighted by atomic mass is 35.5. The predicted octanol–water partition coefficient (Wildman–Crippen LogP) is 3.06. The van der Waals surface area contributed by atoms with Gasteiger partial charge in [0.05, 0.1) is 23.9 Å². The molecule has 0 spiro atoms. The van der Waals surface area contributed by atoms with Crippen molar-refractivity contribution in [2.75, 3.05) is 12.4 Å². The number of hydrogen-bond acceptors (Lipinski definition) is 5. The van der Waals surface area contributed by atoms with E-state index in [1.54, 1.807) is 42.5 Å². The third kappa shape index (κ3) is 3.62. The number of halogens is 1. The lowest BCUT2D eigenvalue weighted by atomic mass is 10.1. The Morgan fingerprint density at radius 3 is 2.77 bits per heavy atom. The molecule has 3 aromatic rings. The van der Waals surface area contributed by atoms with Gasteiger partial charge in [-0.3, -0.25) is 9.36 Å². The molecular weight excluding hydrogens is 360 g/mol. The monoisotopic (exact) mass is 374 g/mol. The quantitative estimate of drug-likeness (QED) is 0.693. The molecule has 0 aliphatic rings. The summed E-state index contributed by atoms with van der Waals surface area (Å²) in [4.78, 5) is 35.9. The Labute approximate surface area is 153 Å². The number of aromatic nitrogens is 1. The number of rotatable bonds is 5. The number of benzene rings is 2. The van der Waals surface area contributed by atoms with Crippen LogP contribution in [0.2, 0.25) is 5.02 Å². The zero-order chi connectivity index (χ0) is 18.7. The molecule has 0 aliphatic carbocycles. The fourth-order valence-electron chi connectivity index (χ4n) is 2.56. The van der Waals surface area contributed by atoms with E-state index in [9.17, 15) is 14.4 Å². The zero-order valence-corrected chi connectivity index (χ0v) is 14.6. The van der Waals surface area contributed by atoms with Crippen molar-refractivity contribution in [1.29, 1.82) is 0 Å². The number of para-hydroxylation sites is 1. The number of anilines is 1. The zero-order valence-electron chi connectivity index (χ0n) is 13.8. The Morgan fingerprint density at radius 2 is 2.00 bits per heavy atom. The van der Waals surface area contributed by atoms with Crippen molar-refractivity contribution in [3.63, 3.8) is 0 Å². The topological polar surface area (TPSA) is 90.5 Å². The molecule has 26 heavy (non-hydrogen) atoms. The van der Waals surface area contributed by atoms with Crippen LogP contribution in [-0.4, -0.2) is 23.6 Å². The second-order valence-electron chi connectivity index (χ2n) is 5.47. The van der Waals surface area contributed by atoms with Crippen molar-refractivity contribution in [3.05, 3.63) is 63.6 Å². The lowest BCUT2D eigenvalue weighted by molar-refractivity contribution is -0.116. The SMILES string of the molecule is COC(=O)c1ccccc1NC(=O)CCn1c(=O)oc2cc(Cl)ccc21. The second-order valence-corrected chi connectivity index (χ2v) is 5.90. The maximum absolute atomic E-state index is 12.2. The van der Waals surface area contributed by atoms with Crippen LogP contribution in [0.4, 0.5) is 5.69 Å². The first-order valence-corrected chi connectivity index (χ1v) is 8.13. The Balaban J connectivity index is 1.74. The van der Waals surface area contributed by atoms with E-state index in [-0.39, 0.29) is 24.4 Å². The number of nitrogens with zero attached hydrogens (tertiary/aromatic N) is 1. The van der Waals surface area contributed by atoms with Gasteiger partial charge in [0.15, 0.2) is 5.58 Å². The van der Waals surface area contributed by atoms with Gasteiger partial charge in [-0.2, -0.15) is 0 Å². The fourth-order valence-corrected chi connectivity index (χ4v) is 2.72. The summed E-state index contributed by atoms with van der Waals surface area (Å²) in [5, 5.41) is 3.11. The minimum absolute atomic E-state index is 0.0205. The van der Waals surface area contributed by atoms with Crippen LogP contribution in [0.25, 0.3) is 11.1 Å². The number of oxazole rings is 1. The van der Waals surface area contributed by atoms with Crippen LogP contribution in [-0.2, 0) is 16.1 Å². The average Bonchev–Trinajstić information content (AvgIpc) is 2.94. The molecule has 1 N–H and O–H groups in total. The van der Waals surface area contributed by atoms with Crippen LogP contribution in [0.1, 0.15) is 16.8 Å². The summed E-state index contributed by atoms with van der Waals surface area (Å²) in [5.41, 5.74) is 1.52. The standard InChI is InChI=1S/C18H15ClN2O5/c1-25-17(23)12-4-2-3-5-13(12)20-16(22)8-9-21-14-7-6-11(19)10-15(14)26-18(21)24/h2-7,10H,8-9H2,1H3,(H,20,22). The van der Waals surface area contributed by atoms with E-state index in [0.717, 1.165) is 0 Å². The van der Waals surface area contributed by atoms with Crippen LogP contribution in [0.15, 0.2) is 51.7 Å². The van der Waals surface area contributed by atoms with Gasteiger partial charge in [-0.15, -0.1) is 0 Å². The smallest absolute Gasteiger partial charge is 0.419 e. The van der Waals surface area contributed by atoms with Gasteiger partial charge < -0.3 is 14.5 Å². The second kappa shape index (κ2) is 7.45. The summed E-state index contributed by atoms with van der Waals surface area (Å²) in [6.45, 7) is 0.125. The van der Waals surface area contributed by atoms with Crippen molar-refractivity contribution < 1.29 is 18.7 Å². The molecule has 0 bridgehead atoms. The molecule has 0 saturated heterocycles. The van der Waals surface area contributed by atoms with Crippen LogP contribution < -0.4 is 11.1 Å². The molecule has 8 heteroatoms. The molecule has 0 aliphatic heterocycles. The summed E-state index contributed by atoms with van der Waals surface area (Å²) in [7, 11) is 1.27. The highest BCUT2D eigenvalue weighted by Gasteiger charge is 2.15. The highest BCUT2D eigenvalue weighted by Crippen LogP contribution is 2.19. The van der Waals surface area contributed by atoms with Gasteiger partial charge in [-0.1, -0.05) is 23.7 Å². The molecule has 3 rings (SSSR count). The minimum Gasteiger partial charge on any atom is -0.465 e. The molecule has 134 valence electrons. The van der Waals surface area contributed by atoms with Crippen LogP contribution >= 0.6 is 11.6 Å². The first-order valence-electron chi connectivity index (χ1n) is 7.75. The van der Waals surface area contributed by atoms with Gasteiger partial charge in [0.2, 0.25) is 5.91 Å². The summed E-state index contributed by atoms with van der Waals surface area (Å²) < 4.78 is 11.2. The Kier molecular flexibility index (Phi) is 5.09. The fraction of sp³-hybridized carbons (Fsp3) is 0.167. The van der Waals surface area contributed by atoms with Crippen molar-refractivity contribution in [3.8, 4) is 0 Å². The van der Waals surface area contributed by atoms with Gasteiger partial charge >= 0.3 is 11.7 Å². The largest absolute Gasteiger partial charge is 0.465 e. The van der Waals surface area contributed by atoms with Crippen LogP contribution in [0.5, 0.6) is 0 Å². The average molecular weight is 375 g/mol. The Hall–Kier alpha value is -3.06. The van der Waals surface area contributed by atoms with Crippen molar-refractivity contribution in [1.82, 2.24) is 4.57 Å². The highest BCUT2D eigenvalue weighted by molar-refractivity contribution is 6.31. The van der Waals surface area contributed by atoms with Gasteiger partial charge in [0.1, 0.15) is 0 Å². The van der Waals surface area contributed by atoms with Gasteiger partial charge in [-0.05, 0) is 24.3 Å². The van der Waals surface area contributed by atoms with E-state index in [1.807, 2.05) is 0 Å². The summed E-state index contributed by atoms with van der Waals surface area (Å²) in [6, 6.07) is 11.4. The first kappa shape index (κ1) is 17.8. The van der Waals surface area contributed by atoms with Crippen molar-refractivity contribution in [2.45, 2.75) is 13.0 Å². The lowest BCUT2D eigenvalue weighted by Gasteiger charge is -2.09. The molecule has 1 aromatic heterocycles. The van der Waals surface area contributed by atoms with E-state index >= 15 is 0 Å². The van der Waals surface area contributed by atoms with E-state index in [0.29, 0.717) is 21.8 Å². The Morgan fingerprint density at radius 1 is 1.23 bits per heavy atom. The minimum atomic E-state index is -0.565. The third-order valence-corrected chi connectivity index (χ3v) is 4.03. The number of nitrogens with one attached hydrogen (secondary N) is 1. The molecule has 0 fully saturated rings. The van der Waals surface area contributed by atoms with Gasteiger partial charge in [0, 0.05) is 24.1 Å². The number of hydrogen-bond donors (Lipinski definition) is 1. The van der Waals surface area contributed by atoms with Crippen LogP contribution in [0, 0.1) is 0 Å². The molecule has 0 radical (unpaired) electrons. The molecular formula is C18H15ClN2O5. The predicted molar refractivity (Wildman–Crippen MR) is 96.5 cm³/mol. The number of esters is 1. The van der Waals surface area contributed by atoms with E-state index < -0.39 is 11.7 Å². The number of methoxy groups -OCH3 is 1. The molecule has 0 saturated carbocycles. The number of carbonyl (C=O) groups is 2. The maximum Gasteiger partial charge on any atom is 0.419 e. The summed E-state index contributed by atoms with van der Waals surface area (Å²) >= 11 is 5.88. The number of aryl methyl sites for hydroxylation is 1. The van der Waals surface area contributed by atoms with Crippen molar-refractivity contribution >= 4 is 40.3 Å².